The predicted molar refractivity (Wildman–Crippen MR) is 60.3 cm³/mol. The van der Waals surface area contributed by atoms with Gasteiger partial charge in [-0.05, 0) is 25.8 Å². The fraction of sp³-hybridized carbons (Fsp3) is 0.800. The molecule has 0 heterocycles. The summed E-state index contributed by atoms with van der Waals surface area (Å²) in [5.41, 5.74) is 10.1. The Morgan fingerprint density at radius 1 is 1.38 bits per heavy atom. The average Bonchev–Trinajstić information content (AvgIpc) is 2.21. The van der Waals surface area contributed by atoms with Gasteiger partial charge in [-0.3, -0.25) is 9.59 Å². The lowest BCUT2D eigenvalue weighted by Gasteiger charge is -2.14. The molecule has 94 valence electrons. The maximum atomic E-state index is 10.9. The smallest absolute Gasteiger partial charge is 0.235 e. The van der Waals surface area contributed by atoms with Crippen molar-refractivity contribution in [2.24, 2.45) is 11.5 Å². The van der Waals surface area contributed by atoms with E-state index in [4.69, 9.17) is 11.5 Å². The normalized spacial score (nSPS) is 14.4. The van der Waals surface area contributed by atoms with Gasteiger partial charge in [0.1, 0.15) is 0 Å². The Hall–Kier alpha value is -1.14. The first-order valence-electron chi connectivity index (χ1n) is 5.46. The van der Waals surface area contributed by atoms with E-state index in [0.717, 1.165) is 6.42 Å². The molecule has 0 spiro atoms. The molecule has 0 aromatic rings. The van der Waals surface area contributed by atoms with Crippen molar-refractivity contribution in [1.82, 2.24) is 5.32 Å². The van der Waals surface area contributed by atoms with Crippen LogP contribution in [-0.2, 0) is 9.59 Å². The van der Waals surface area contributed by atoms with Crippen molar-refractivity contribution in [3.8, 4) is 0 Å². The molecule has 2 amide bonds. The van der Waals surface area contributed by atoms with E-state index in [0.29, 0.717) is 19.4 Å². The number of carbonyl (C=O) groups excluding carboxylic acids is 2. The van der Waals surface area contributed by atoms with Crippen LogP contribution >= 0.6 is 0 Å². The average molecular weight is 231 g/mol. The Morgan fingerprint density at radius 2 is 2.00 bits per heavy atom. The number of aliphatic hydroxyl groups excluding tert-OH is 1. The van der Waals surface area contributed by atoms with Gasteiger partial charge >= 0.3 is 0 Å². The topological polar surface area (TPSA) is 118 Å². The van der Waals surface area contributed by atoms with Gasteiger partial charge in [0.15, 0.2) is 0 Å². The highest BCUT2D eigenvalue weighted by Gasteiger charge is 2.16. The number of carbonyl (C=O) groups is 2. The molecule has 0 rings (SSSR count). The number of hydrogen-bond acceptors (Lipinski definition) is 4. The first-order valence-corrected chi connectivity index (χ1v) is 5.46. The summed E-state index contributed by atoms with van der Waals surface area (Å²) < 4.78 is 0. The van der Waals surface area contributed by atoms with Gasteiger partial charge in [0.2, 0.25) is 11.8 Å². The number of aliphatic hydroxyl groups is 1. The molecule has 2 unspecified atom stereocenters. The minimum absolute atomic E-state index is 0.0916. The first-order chi connectivity index (χ1) is 7.47. The largest absolute Gasteiger partial charge is 0.393 e. The van der Waals surface area contributed by atoms with Crippen molar-refractivity contribution < 1.29 is 14.7 Å². The van der Waals surface area contributed by atoms with Crippen LogP contribution < -0.4 is 16.8 Å². The summed E-state index contributed by atoms with van der Waals surface area (Å²) in [5.74, 6) is -1.15. The van der Waals surface area contributed by atoms with Gasteiger partial charge in [0.05, 0.1) is 18.6 Å². The number of nitrogens with one attached hydrogen (secondary N) is 1. The lowest BCUT2D eigenvalue weighted by atomic mass is 10.1. The van der Waals surface area contributed by atoms with E-state index in [1.54, 1.807) is 0 Å². The van der Waals surface area contributed by atoms with Gasteiger partial charge in [-0.1, -0.05) is 6.92 Å². The zero-order valence-corrected chi connectivity index (χ0v) is 9.61. The monoisotopic (exact) mass is 231 g/mol. The van der Waals surface area contributed by atoms with Crippen LogP contribution in [0.2, 0.25) is 0 Å². The van der Waals surface area contributed by atoms with E-state index in [9.17, 15) is 14.7 Å². The third-order valence-corrected chi connectivity index (χ3v) is 2.32. The fourth-order valence-corrected chi connectivity index (χ4v) is 1.29. The molecule has 0 bridgehead atoms. The molecule has 0 aliphatic heterocycles. The minimum atomic E-state index is -0.712. The Morgan fingerprint density at radius 3 is 2.44 bits per heavy atom. The highest BCUT2D eigenvalue weighted by atomic mass is 16.3. The Bertz CT molecular complexity index is 233. The third kappa shape index (κ3) is 7.19. The van der Waals surface area contributed by atoms with Crippen LogP contribution in [0.3, 0.4) is 0 Å². The molecule has 0 saturated carbocycles. The molecular weight excluding hydrogens is 210 g/mol. The van der Waals surface area contributed by atoms with E-state index in [2.05, 4.69) is 5.32 Å². The summed E-state index contributed by atoms with van der Waals surface area (Å²) in [4.78, 5) is 21.6. The molecular formula is C10H21N3O3. The van der Waals surface area contributed by atoms with Gasteiger partial charge in [0, 0.05) is 0 Å². The van der Waals surface area contributed by atoms with E-state index >= 15 is 0 Å². The van der Waals surface area contributed by atoms with Crippen LogP contribution in [0.1, 0.15) is 32.6 Å². The SMILES string of the molecule is CCC(O)CCCNC(CC(N)=O)C(N)=O. The highest BCUT2D eigenvalue weighted by Crippen LogP contribution is 2.00. The van der Waals surface area contributed by atoms with Crippen molar-refractivity contribution in [2.45, 2.75) is 44.8 Å². The number of primary amides is 2. The maximum Gasteiger partial charge on any atom is 0.235 e. The Labute approximate surface area is 95.4 Å². The van der Waals surface area contributed by atoms with Gasteiger partial charge < -0.3 is 21.9 Å². The van der Waals surface area contributed by atoms with Crippen LogP contribution in [0.4, 0.5) is 0 Å². The van der Waals surface area contributed by atoms with Gasteiger partial charge in [0.25, 0.3) is 0 Å². The first kappa shape index (κ1) is 14.9. The van der Waals surface area contributed by atoms with Gasteiger partial charge in [-0.2, -0.15) is 0 Å². The summed E-state index contributed by atoms with van der Waals surface area (Å²) in [5, 5.41) is 12.1. The van der Waals surface area contributed by atoms with Crippen LogP contribution in [0, 0.1) is 0 Å². The number of hydrogen-bond donors (Lipinski definition) is 4. The van der Waals surface area contributed by atoms with Crippen molar-refractivity contribution in [2.75, 3.05) is 6.54 Å². The molecule has 16 heavy (non-hydrogen) atoms. The van der Waals surface area contributed by atoms with E-state index in [-0.39, 0.29) is 12.5 Å². The quantitative estimate of drug-likeness (QED) is 0.375. The zero-order chi connectivity index (χ0) is 12.6. The second-order valence-electron chi connectivity index (χ2n) is 3.78. The standard InChI is InChI=1S/C10H21N3O3/c1-2-7(14)4-3-5-13-8(10(12)16)6-9(11)15/h7-8,13-14H,2-6H2,1H3,(H2,11,15)(H2,12,16). The molecule has 0 radical (unpaired) electrons. The molecule has 6 N–H and O–H groups in total. The summed E-state index contributed by atoms with van der Waals surface area (Å²) in [6.07, 6.45) is 1.68. The van der Waals surface area contributed by atoms with E-state index < -0.39 is 17.9 Å². The molecule has 2 atom stereocenters. The molecule has 0 aromatic heterocycles. The fourth-order valence-electron chi connectivity index (χ4n) is 1.29. The number of rotatable bonds is 9. The third-order valence-electron chi connectivity index (χ3n) is 2.32. The summed E-state index contributed by atoms with van der Waals surface area (Å²) in [7, 11) is 0. The number of nitrogens with two attached hydrogens (primary N) is 2. The molecule has 6 nitrogen and oxygen atoms in total. The van der Waals surface area contributed by atoms with Gasteiger partial charge in [-0.15, -0.1) is 0 Å². The summed E-state index contributed by atoms with van der Waals surface area (Å²) in [6, 6.07) is -0.712. The molecule has 0 aliphatic carbocycles. The second kappa shape index (κ2) is 8.06. The second-order valence-corrected chi connectivity index (χ2v) is 3.78. The van der Waals surface area contributed by atoms with Crippen molar-refractivity contribution in [3.63, 3.8) is 0 Å². The summed E-state index contributed by atoms with van der Waals surface area (Å²) >= 11 is 0. The highest BCUT2D eigenvalue weighted by molar-refractivity contribution is 5.86. The van der Waals surface area contributed by atoms with Crippen LogP contribution in [-0.4, -0.2) is 35.6 Å². The lowest BCUT2D eigenvalue weighted by Crippen LogP contribution is -2.44. The van der Waals surface area contributed by atoms with E-state index in [1.807, 2.05) is 6.92 Å². The van der Waals surface area contributed by atoms with Crippen molar-refractivity contribution in [1.29, 1.82) is 0 Å². The Kier molecular flexibility index (Phi) is 7.49. The van der Waals surface area contributed by atoms with Crippen LogP contribution in [0.25, 0.3) is 0 Å². The maximum absolute atomic E-state index is 10.9. The van der Waals surface area contributed by atoms with E-state index in [1.165, 1.54) is 0 Å². The molecule has 0 aliphatic rings. The number of amides is 2. The molecule has 0 aromatic carbocycles. The van der Waals surface area contributed by atoms with Crippen LogP contribution in [0.5, 0.6) is 0 Å². The van der Waals surface area contributed by atoms with Crippen molar-refractivity contribution >= 4 is 11.8 Å². The van der Waals surface area contributed by atoms with Crippen LogP contribution in [0.15, 0.2) is 0 Å². The molecule has 6 heteroatoms. The zero-order valence-electron chi connectivity index (χ0n) is 9.61. The lowest BCUT2D eigenvalue weighted by molar-refractivity contribution is -0.125. The minimum Gasteiger partial charge on any atom is -0.393 e. The Balaban J connectivity index is 3.77. The van der Waals surface area contributed by atoms with Crippen molar-refractivity contribution in [3.05, 3.63) is 0 Å². The summed E-state index contributed by atoms with van der Waals surface area (Å²) in [6.45, 7) is 2.43. The van der Waals surface area contributed by atoms with Gasteiger partial charge in [-0.25, -0.2) is 0 Å². The molecule has 0 saturated heterocycles. The predicted octanol–water partition coefficient (Wildman–Crippen LogP) is -1.14. The molecule has 0 fully saturated rings.